The Hall–Kier alpha value is -8.62. The lowest BCUT2D eigenvalue weighted by Crippen LogP contribution is -2.56. The van der Waals surface area contributed by atoms with Gasteiger partial charge in [0.25, 0.3) is 0 Å². The van der Waals surface area contributed by atoms with Crippen LogP contribution in [0.15, 0.2) is 133 Å². The Balaban J connectivity index is 0.000000281. The number of carbonyl (C=O) groups excluding carboxylic acids is 6. The molecule has 0 saturated heterocycles. The zero-order chi connectivity index (χ0) is 55.6. The second-order valence-electron chi connectivity index (χ2n) is 18.1. The van der Waals surface area contributed by atoms with E-state index in [2.05, 4.69) is 10.6 Å². The van der Waals surface area contributed by atoms with E-state index in [9.17, 15) is 66.8 Å². The molecule has 0 saturated carbocycles. The van der Waals surface area contributed by atoms with Gasteiger partial charge >= 0.3 is 0 Å². The Morgan fingerprint density at radius 2 is 0.803 bits per heavy atom. The number of carbonyl (C=O) groups is 6. The highest BCUT2D eigenvalue weighted by Gasteiger charge is 2.32. The largest absolute Gasteiger partial charge is 0.504 e. The van der Waals surface area contributed by atoms with Crippen LogP contribution < -0.4 is 33.6 Å². The summed E-state index contributed by atoms with van der Waals surface area (Å²) in [5.74, 6) is -9.96. The van der Waals surface area contributed by atoms with Crippen molar-refractivity contribution in [1.29, 1.82) is 0 Å². The first kappa shape index (κ1) is 58.3. The average Bonchev–Trinajstić information content (AvgIpc) is 3.37. The van der Waals surface area contributed by atoms with Crippen molar-refractivity contribution < 1.29 is 66.8 Å². The van der Waals surface area contributed by atoms with Crippen molar-refractivity contribution >= 4 is 35.2 Å². The molecular formula is C56H58F4N6O10. The zero-order valence-corrected chi connectivity index (χ0v) is 40.9. The van der Waals surface area contributed by atoms with Gasteiger partial charge in [0.1, 0.15) is 41.1 Å². The third kappa shape index (κ3) is 17.2. The van der Waals surface area contributed by atoms with Crippen molar-refractivity contribution in [2.45, 2.75) is 75.5 Å². The third-order valence-corrected chi connectivity index (χ3v) is 12.4. The second kappa shape index (κ2) is 27.6. The SMILES string of the molecule is NC(=O)C(CC(=O)C(CC(=O)C(N)Cc1ccccc1F)Cc1ccccc1F)Cc1ccc(O)c(O)c1.NC(=O)C(Cc1ccccc1F)NC(=O)C(Cc1ccccc1F)NC(=O)C(N)Cc1ccc(O)c(O)c1. The molecule has 0 heterocycles. The zero-order valence-electron chi connectivity index (χ0n) is 40.9. The molecule has 4 amide bonds. The van der Waals surface area contributed by atoms with E-state index >= 15 is 0 Å². The minimum absolute atomic E-state index is 0.00206. The van der Waals surface area contributed by atoms with E-state index in [0.29, 0.717) is 11.1 Å². The predicted molar refractivity (Wildman–Crippen MR) is 272 cm³/mol. The van der Waals surface area contributed by atoms with Gasteiger partial charge < -0.3 is 54.0 Å². The summed E-state index contributed by atoms with van der Waals surface area (Å²) in [6.45, 7) is 0. The number of nitrogens with one attached hydrogen (secondary N) is 2. The number of halogens is 4. The van der Waals surface area contributed by atoms with E-state index in [4.69, 9.17) is 22.9 Å². The third-order valence-electron chi connectivity index (χ3n) is 12.4. The Morgan fingerprint density at radius 3 is 1.24 bits per heavy atom. The molecule has 6 aromatic rings. The summed E-state index contributed by atoms with van der Waals surface area (Å²) in [6, 6.07) is 26.1. The second-order valence-corrected chi connectivity index (χ2v) is 18.1. The Morgan fingerprint density at radius 1 is 0.408 bits per heavy atom. The Bertz CT molecular complexity index is 2990. The number of nitrogens with two attached hydrogens (primary N) is 4. The minimum atomic E-state index is -1.36. The van der Waals surface area contributed by atoms with Crippen LogP contribution in [-0.4, -0.2) is 79.8 Å². The fraction of sp³-hybridized carbons (Fsp3) is 0.250. The minimum Gasteiger partial charge on any atom is -0.504 e. The maximum Gasteiger partial charge on any atom is 0.243 e. The van der Waals surface area contributed by atoms with Crippen LogP contribution in [-0.2, 0) is 67.3 Å². The number of primary amides is 2. The quantitative estimate of drug-likeness (QED) is 0.0295. The van der Waals surface area contributed by atoms with Crippen molar-refractivity contribution in [3.8, 4) is 23.0 Å². The number of hydrogen-bond donors (Lipinski definition) is 10. The number of amides is 4. The molecule has 6 rings (SSSR count). The van der Waals surface area contributed by atoms with Crippen LogP contribution in [0.2, 0.25) is 0 Å². The van der Waals surface area contributed by atoms with Crippen LogP contribution in [0.3, 0.4) is 0 Å². The lowest BCUT2D eigenvalue weighted by Gasteiger charge is -2.24. The predicted octanol–water partition coefficient (Wildman–Crippen LogP) is 4.55. The number of rotatable bonds is 24. The van der Waals surface area contributed by atoms with Gasteiger partial charge in [-0.25, -0.2) is 17.6 Å². The van der Waals surface area contributed by atoms with Crippen molar-refractivity contribution in [2.75, 3.05) is 0 Å². The normalized spacial score (nSPS) is 13.3. The molecule has 0 radical (unpaired) electrons. The molecule has 6 unspecified atom stereocenters. The molecule has 76 heavy (non-hydrogen) atoms. The molecule has 0 bridgehead atoms. The topological polar surface area (TPSA) is 311 Å². The van der Waals surface area contributed by atoms with Crippen molar-refractivity contribution in [3.05, 3.63) is 190 Å². The molecule has 6 aromatic carbocycles. The van der Waals surface area contributed by atoms with E-state index in [-0.39, 0.29) is 96.6 Å². The van der Waals surface area contributed by atoms with Gasteiger partial charge in [-0.3, -0.25) is 28.8 Å². The molecule has 0 spiro atoms. The Kier molecular flexibility index (Phi) is 21.2. The van der Waals surface area contributed by atoms with Gasteiger partial charge in [0.15, 0.2) is 28.8 Å². The first-order valence-electron chi connectivity index (χ1n) is 23.8. The van der Waals surface area contributed by atoms with Crippen LogP contribution in [0, 0.1) is 35.1 Å². The van der Waals surface area contributed by atoms with E-state index in [0.717, 1.165) is 0 Å². The number of ketones is 2. The number of hydrogen-bond acceptors (Lipinski definition) is 12. The molecule has 0 aliphatic rings. The molecule has 16 nitrogen and oxygen atoms in total. The van der Waals surface area contributed by atoms with Gasteiger partial charge in [-0.05, 0) is 108 Å². The smallest absolute Gasteiger partial charge is 0.243 e. The van der Waals surface area contributed by atoms with Crippen LogP contribution in [0.25, 0.3) is 0 Å². The molecular weight excluding hydrogens is 993 g/mol. The molecule has 6 atom stereocenters. The van der Waals surface area contributed by atoms with Gasteiger partial charge in [0.2, 0.25) is 23.6 Å². The molecule has 400 valence electrons. The monoisotopic (exact) mass is 1050 g/mol. The first-order valence-corrected chi connectivity index (χ1v) is 23.8. The van der Waals surface area contributed by atoms with Crippen molar-refractivity contribution in [3.63, 3.8) is 0 Å². The van der Waals surface area contributed by atoms with Crippen LogP contribution in [0.5, 0.6) is 23.0 Å². The number of phenolic OH excluding ortho intramolecular Hbond substituents is 4. The molecule has 0 aliphatic carbocycles. The summed E-state index contributed by atoms with van der Waals surface area (Å²) in [5, 5.41) is 43.3. The number of phenols is 4. The summed E-state index contributed by atoms with van der Waals surface area (Å²) in [4.78, 5) is 76.7. The summed E-state index contributed by atoms with van der Waals surface area (Å²) in [6.07, 6.45) is -1.39. The van der Waals surface area contributed by atoms with Crippen molar-refractivity contribution in [1.82, 2.24) is 10.6 Å². The molecule has 0 fully saturated rings. The molecule has 0 aliphatic heterocycles. The number of aromatic hydroxyl groups is 4. The van der Waals surface area contributed by atoms with Gasteiger partial charge in [-0.1, -0.05) is 84.9 Å². The number of Topliss-reactive ketones (excluding diaryl/α,β-unsaturated/α-hetero) is 2. The van der Waals surface area contributed by atoms with E-state index in [1.54, 1.807) is 24.3 Å². The van der Waals surface area contributed by atoms with E-state index < -0.39 is 94.5 Å². The van der Waals surface area contributed by atoms with Gasteiger partial charge in [0, 0.05) is 37.5 Å². The first-order chi connectivity index (χ1) is 36.1. The number of benzene rings is 6. The maximum atomic E-state index is 14.4. The molecule has 0 aromatic heterocycles. The van der Waals surface area contributed by atoms with Crippen LogP contribution in [0.4, 0.5) is 17.6 Å². The summed E-state index contributed by atoms with van der Waals surface area (Å²) < 4.78 is 56.9. The lowest BCUT2D eigenvalue weighted by atomic mass is 9.83. The highest BCUT2D eigenvalue weighted by atomic mass is 19.1. The summed E-state index contributed by atoms with van der Waals surface area (Å²) in [5.41, 5.74) is 24.7. The van der Waals surface area contributed by atoms with Gasteiger partial charge in [-0.2, -0.15) is 0 Å². The summed E-state index contributed by atoms with van der Waals surface area (Å²) in [7, 11) is 0. The highest BCUT2D eigenvalue weighted by Crippen LogP contribution is 2.29. The Labute approximate surface area is 434 Å². The van der Waals surface area contributed by atoms with E-state index in [1.807, 2.05) is 0 Å². The average molecular weight is 1050 g/mol. The summed E-state index contributed by atoms with van der Waals surface area (Å²) >= 11 is 0. The molecule has 20 heteroatoms. The van der Waals surface area contributed by atoms with Crippen LogP contribution in [0.1, 0.15) is 46.2 Å². The lowest BCUT2D eigenvalue weighted by molar-refractivity contribution is -0.131. The fourth-order valence-corrected chi connectivity index (χ4v) is 8.09. The molecule has 14 N–H and O–H groups in total. The van der Waals surface area contributed by atoms with Crippen LogP contribution >= 0.6 is 0 Å². The van der Waals surface area contributed by atoms with Gasteiger partial charge in [-0.15, -0.1) is 0 Å². The van der Waals surface area contributed by atoms with E-state index in [1.165, 1.54) is 109 Å². The van der Waals surface area contributed by atoms with Gasteiger partial charge in [0.05, 0.1) is 12.1 Å². The van der Waals surface area contributed by atoms with Crippen molar-refractivity contribution in [2.24, 2.45) is 34.8 Å². The maximum absolute atomic E-state index is 14.4. The fourth-order valence-electron chi connectivity index (χ4n) is 8.09. The highest BCUT2D eigenvalue weighted by molar-refractivity contribution is 5.94. The standard InChI is InChI=1S/C29H30F2N2O5.C27H28F2N4O5/c30-22-7-3-1-5-18(22)13-20(15-27(36)24(32)14-19-6-2-4-8-23(19)31)26(35)16-21(29(33)38)11-17-9-10-25(34)28(37)12-17;28-18-7-3-1-5-16(18)13-21(25(31)36)32-27(38)22(14-17-6-2-4-8-19(17)29)33-26(37)20(30)11-15-9-10-23(34)24(35)12-15/h1-10,12,20-21,24,34,37H,11,13-16,32H2,(H2,33,38);1-10,12,20-22,34-35H,11,13-14,30H2,(H2,31,36)(H,32,38)(H,33,37).